The van der Waals surface area contributed by atoms with E-state index in [1.165, 1.54) is 0 Å². The first-order valence-electron chi connectivity index (χ1n) is 14.0. The fraction of sp³-hybridized carbons (Fsp3) is 0.400. The second-order valence-electron chi connectivity index (χ2n) is 10.4. The van der Waals surface area contributed by atoms with E-state index in [1.54, 1.807) is 44.2 Å². The summed E-state index contributed by atoms with van der Waals surface area (Å²) in [5.41, 5.74) is 12.3. The van der Waals surface area contributed by atoms with Crippen molar-refractivity contribution in [1.29, 1.82) is 0 Å². The minimum absolute atomic E-state index is 0.0292. The van der Waals surface area contributed by atoms with Crippen LogP contribution in [0.2, 0.25) is 0 Å². The molecule has 0 aliphatic heterocycles. The fourth-order valence-corrected chi connectivity index (χ4v) is 4.24. The summed E-state index contributed by atoms with van der Waals surface area (Å²) in [5, 5.41) is 19.9. The molecule has 13 nitrogen and oxygen atoms in total. The predicted molar refractivity (Wildman–Crippen MR) is 162 cm³/mol. The number of guanidine groups is 1. The quantitative estimate of drug-likeness (QED) is 0.0588. The van der Waals surface area contributed by atoms with E-state index in [1.807, 2.05) is 30.3 Å². The van der Waals surface area contributed by atoms with E-state index in [0.29, 0.717) is 18.3 Å². The number of aliphatic carboxylic acids is 1. The number of urea groups is 1. The lowest BCUT2D eigenvalue weighted by atomic mass is 10.0. The summed E-state index contributed by atoms with van der Waals surface area (Å²) < 4.78 is 0. The largest absolute Gasteiger partial charge is 0.480 e. The summed E-state index contributed by atoms with van der Waals surface area (Å²) in [4.78, 5) is 66.8. The molecule has 0 aromatic heterocycles. The first kappa shape index (κ1) is 34.3. The Morgan fingerprint density at radius 1 is 0.814 bits per heavy atom. The average molecular weight is 596 g/mol. The third-order valence-electron chi connectivity index (χ3n) is 6.49. The third kappa shape index (κ3) is 12.6. The highest BCUT2D eigenvalue weighted by atomic mass is 16.4. The molecular formula is C30H41N7O6. The number of amides is 4. The predicted octanol–water partition coefficient (Wildman–Crippen LogP) is 0.471. The van der Waals surface area contributed by atoms with Crippen molar-refractivity contribution in [2.45, 2.75) is 63.7 Å². The van der Waals surface area contributed by atoms with Crippen molar-refractivity contribution in [2.24, 2.45) is 22.4 Å². The molecule has 4 amide bonds. The highest BCUT2D eigenvalue weighted by Gasteiger charge is 2.30. The Morgan fingerprint density at radius 3 is 1.88 bits per heavy atom. The van der Waals surface area contributed by atoms with Gasteiger partial charge in [0.15, 0.2) is 5.96 Å². The molecule has 2 rings (SSSR count). The van der Waals surface area contributed by atoms with Gasteiger partial charge >= 0.3 is 12.0 Å². The molecule has 232 valence electrons. The van der Waals surface area contributed by atoms with E-state index in [0.717, 1.165) is 5.56 Å². The number of hydrogen-bond donors (Lipinski definition) is 7. The molecule has 0 fully saturated rings. The number of hydrogen-bond acceptors (Lipinski definition) is 6. The zero-order valence-electron chi connectivity index (χ0n) is 24.4. The molecule has 1 unspecified atom stereocenters. The van der Waals surface area contributed by atoms with Crippen LogP contribution in [0.1, 0.15) is 37.8 Å². The first-order chi connectivity index (χ1) is 20.5. The Hall–Kier alpha value is -4.94. The van der Waals surface area contributed by atoms with Gasteiger partial charge < -0.3 is 42.6 Å². The van der Waals surface area contributed by atoms with Crippen molar-refractivity contribution in [3.05, 3.63) is 71.8 Å². The molecule has 2 aromatic carbocycles. The van der Waals surface area contributed by atoms with Crippen LogP contribution in [-0.4, -0.2) is 71.9 Å². The SMILES string of the molecule is CC(C)[C@H](NC(=O)[C@H](CCCN=C(N)N)NC(=O)N[C@@H](Cc1ccccc1)C(=O)O)C(=O)NC(C=O)Cc1ccccc1. The number of nitrogens with two attached hydrogens (primary N) is 2. The number of nitrogens with zero attached hydrogens (tertiary/aromatic N) is 1. The lowest BCUT2D eigenvalue weighted by Gasteiger charge is -2.27. The van der Waals surface area contributed by atoms with Crippen molar-refractivity contribution in [3.63, 3.8) is 0 Å². The van der Waals surface area contributed by atoms with Crippen LogP contribution >= 0.6 is 0 Å². The van der Waals surface area contributed by atoms with Gasteiger partial charge in [-0.1, -0.05) is 74.5 Å². The van der Waals surface area contributed by atoms with Crippen LogP contribution in [-0.2, 0) is 32.0 Å². The van der Waals surface area contributed by atoms with Gasteiger partial charge in [0.2, 0.25) is 11.8 Å². The van der Waals surface area contributed by atoms with E-state index in [9.17, 15) is 29.1 Å². The molecule has 0 heterocycles. The van der Waals surface area contributed by atoms with Gasteiger partial charge in [-0.2, -0.15) is 0 Å². The monoisotopic (exact) mass is 595 g/mol. The number of carboxylic acids is 1. The molecule has 0 aliphatic carbocycles. The van der Waals surface area contributed by atoms with E-state index < -0.39 is 48.0 Å². The number of carbonyl (C=O) groups excluding carboxylic acids is 4. The minimum Gasteiger partial charge on any atom is -0.480 e. The van der Waals surface area contributed by atoms with Crippen molar-refractivity contribution in [1.82, 2.24) is 21.3 Å². The van der Waals surface area contributed by atoms with Crippen LogP contribution < -0.4 is 32.7 Å². The van der Waals surface area contributed by atoms with Gasteiger partial charge in [0.05, 0.1) is 6.04 Å². The van der Waals surface area contributed by atoms with E-state index in [4.69, 9.17) is 11.5 Å². The Balaban J connectivity index is 2.13. The van der Waals surface area contributed by atoms with Crippen LogP contribution in [0.5, 0.6) is 0 Å². The Bertz CT molecular complexity index is 1240. The highest BCUT2D eigenvalue weighted by molar-refractivity contribution is 5.93. The lowest BCUT2D eigenvalue weighted by Crippen LogP contribution is -2.58. The van der Waals surface area contributed by atoms with Crippen LogP contribution in [0, 0.1) is 5.92 Å². The molecule has 2 aromatic rings. The Labute approximate surface area is 250 Å². The topological polar surface area (TPSA) is 218 Å². The summed E-state index contributed by atoms with van der Waals surface area (Å²) in [7, 11) is 0. The lowest BCUT2D eigenvalue weighted by molar-refractivity contribution is -0.139. The maximum absolute atomic E-state index is 13.4. The van der Waals surface area contributed by atoms with E-state index in [-0.39, 0.29) is 37.7 Å². The second-order valence-corrected chi connectivity index (χ2v) is 10.4. The van der Waals surface area contributed by atoms with Crippen LogP contribution in [0.3, 0.4) is 0 Å². The summed E-state index contributed by atoms with van der Waals surface area (Å²) >= 11 is 0. The van der Waals surface area contributed by atoms with Crippen molar-refractivity contribution < 1.29 is 29.1 Å². The van der Waals surface area contributed by atoms with Crippen molar-refractivity contribution >= 4 is 36.1 Å². The molecule has 13 heteroatoms. The van der Waals surface area contributed by atoms with Crippen molar-refractivity contribution in [2.75, 3.05) is 6.54 Å². The molecule has 0 saturated carbocycles. The summed E-state index contributed by atoms with van der Waals surface area (Å²) in [6.45, 7) is 3.63. The molecule has 0 radical (unpaired) electrons. The maximum atomic E-state index is 13.4. The normalized spacial score (nSPS) is 13.5. The smallest absolute Gasteiger partial charge is 0.326 e. The maximum Gasteiger partial charge on any atom is 0.326 e. The molecule has 4 atom stereocenters. The van der Waals surface area contributed by atoms with Gasteiger partial charge in [0.25, 0.3) is 0 Å². The number of nitrogens with one attached hydrogen (secondary N) is 4. The van der Waals surface area contributed by atoms with Crippen LogP contribution in [0.25, 0.3) is 0 Å². The average Bonchev–Trinajstić information content (AvgIpc) is 2.97. The minimum atomic E-state index is -1.26. The Morgan fingerprint density at radius 2 is 1.37 bits per heavy atom. The number of carboxylic acid groups (broad SMARTS) is 1. The van der Waals surface area contributed by atoms with Gasteiger partial charge in [-0.05, 0) is 36.3 Å². The number of carbonyl (C=O) groups is 5. The van der Waals surface area contributed by atoms with E-state index >= 15 is 0 Å². The van der Waals surface area contributed by atoms with Crippen LogP contribution in [0.4, 0.5) is 4.79 Å². The number of rotatable bonds is 17. The van der Waals surface area contributed by atoms with Gasteiger partial charge in [0, 0.05) is 13.0 Å². The molecule has 43 heavy (non-hydrogen) atoms. The van der Waals surface area contributed by atoms with Gasteiger partial charge in [-0.25, -0.2) is 9.59 Å². The molecule has 0 spiro atoms. The fourth-order valence-electron chi connectivity index (χ4n) is 4.24. The van der Waals surface area contributed by atoms with E-state index in [2.05, 4.69) is 26.3 Å². The highest BCUT2D eigenvalue weighted by Crippen LogP contribution is 2.08. The van der Waals surface area contributed by atoms with Gasteiger partial charge in [0.1, 0.15) is 24.4 Å². The summed E-state index contributed by atoms with van der Waals surface area (Å²) in [6.07, 6.45) is 1.32. The first-order valence-corrected chi connectivity index (χ1v) is 14.0. The molecule has 0 saturated heterocycles. The Kier molecular flexibility index (Phi) is 14.2. The zero-order valence-corrected chi connectivity index (χ0v) is 24.4. The number of benzene rings is 2. The number of aldehydes is 1. The van der Waals surface area contributed by atoms with Gasteiger partial charge in [-0.3, -0.25) is 14.6 Å². The summed E-state index contributed by atoms with van der Waals surface area (Å²) in [5.74, 6) is -2.98. The van der Waals surface area contributed by atoms with Gasteiger partial charge in [-0.15, -0.1) is 0 Å². The summed E-state index contributed by atoms with van der Waals surface area (Å²) in [6, 6.07) is 12.8. The molecular weight excluding hydrogens is 554 g/mol. The molecule has 0 aliphatic rings. The van der Waals surface area contributed by atoms with Crippen LogP contribution in [0.15, 0.2) is 65.7 Å². The number of aliphatic imine (C=N–C) groups is 1. The third-order valence-corrected chi connectivity index (χ3v) is 6.49. The van der Waals surface area contributed by atoms with Crippen molar-refractivity contribution in [3.8, 4) is 0 Å². The standard InChI is InChI=1S/C30H41N7O6/c1-19(2)25(27(40)34-22(18-38)16-20-10-5-3-6-11-20)37-26(39)23(14-9-15-33-29(31)32)35-30(43)36-24(28(41)42)17-21-12-7-4-8-13-21/h3-8,10-13,18-19,22-25H,9,14-17H2,1-2H3,(H,34,40)(H,37,39)(H,41,42)(H4,31,32,33)(H2,35,36,43)/t22?,23-,24-,25-/m0/s1. The zero-order chi connectivity index (χ0) is 31.8. The second kappa shape index (κ2) is 17.8. The molecule has 9 N–H and O–H groups in total. The molecule has 0 bridgehead atoms.